The standard InChI is InChI=1S/C14H20O2/c1-4-14(2,3)12-8-5-11(6-9-12)7-10-13(15)16/h5-6,8-9H,4,7,10H2,1-3H3,(H,15,16). The normalized spacial score (nSPS) is 11.4. The number of rotatable bonds is 5. The minimum Gasteiger partial charge on any atom is -0.481 e. The Balaban J connectivity index is 2.71. The topological polar surface area (TPSA) is 37.3 Å². The maximum absolute atomic E-state index is 10.4. The van der Waals surface area contributed by atoms with E-state index in [0.29, 0.717) is 6.42 Å². The molecule has 0 saturated carbocycles. The Bertz CT molecular complexity index is 350. The first kappa shape index (κ1) is 12.8. The zero-order valence-electron chi connectivity index (χ0n) is 10.3. The Kier molecular flexibility index (Phi) is 4.11. The van der Waals surface area contributed by atoms with Crippen molar-refractivity contribution in [3.05, 3.63) is 35.4 Å². The molecule has 1 aromatic rings. The Labute approximate surface area is 97.3 Å². The number of benzene rings is 1. The van der Waals surface area contributed by atoms with Crippen LogP contribution in [0.1, 0.15) is 44.7 Å². The molecule has 0 aliphatic rings. The van der Waals surface area contributed by atoms with E-state index in [0.717, 1.165) is 12.0 Å². The number of carbonyl (C=O) groups is 1. The van der Waals surface area contributed by atoms with Gasteiger partial charge in [0.25, 0.3) is 0 Å². The average Bonchev–Trinajstić information content (AvgIpc) is 2.27. The van der Waals surface area contributed by atoms with Crippen molar-refractivity contribution in [1.29, 1.82) is 0 Å². The van der Waals surface area contributed by atoms with E-state index < -0.39 is 5.97 Å². The largest absolute Gasteiger partial charge is 0.481 e. The van der Waals surface area contributed by atoms with E-state index in [2.05, 4.69) is 32.9 Å². The maximum atomic E-state index is 10.4. The van der Waals surface area contributed by atoms with Crippen LogP contribution in [-0.2, 0) is 16.6 Å². The first-order valence-electron chi connectivity index (χ1n) is 5.77. The van der Waals surface area contributed by atoms with E-state index in [4.69, 9.17) is 5.11 Å². The lowest BCUT2D eigenvalue weighted by atomic mass is 9.82. The molecular weight excluding hydrogens is 200 g/mol. The van der Waals surface area contributed by atoms with Crippen molar-refractivity contribution in [2.24, 2.45) is 0 Å². The highest BCUT2D eigenvalue weighted by Crippen LogP contribution is 2.26. The van der Waals surface area contributed by atoms with Gasteiger partial charge in [-0.05, 0) is 29.4 Å². The molecule has 0 unspecified atom stereocenters. The van der Waals surface area contributed by atoms with Gasteiger partial charge in [-0.3, -0.25) is 4.79 Å². The van der Waals surface area contributed by atoms with Gasteiger partial charge in [-0.15, -0.1) is 0 Å². The summed E-state index contributed by atoms with van der Waals surface area (Å²) in [5, 5.41) is 8.60. The highest BCUT2D eigenvalue weighted by Gasteiger charge is 2.17. The number of aliphatic carboxylic acids is 1. The summed E-state index contributed by atoms with van der Waals surface area (Å²) in [4.78, 5) is 10.4. The van der Waals surface area contributed by atoms with E-state index in [1.54, 1.807) is 0 Å². The Morgan fingerprint density at radius 3 is 2.25 bits per heavy atom. The van der Waals surface area contributed by atoms with Crippen molar-refractivity contribution in [1.82, 2.24) is 0 Å². The third kappa shape index (κ3) is 3.37. The monoisotopic (exact) mass is 220 g/mol. The molecule has 88 valence electrons. The van der Waals surface area contributed by atoms with Crippen LogP contribution in [0.25, 0.3) is 0 Å². The van der Waals surface area contributed by atoms with E-state index in [9.17, 15) is 4.79 Å². The molecule has 0 fully saturated rings. The molecule has 1 N–H and O–H groups in total. The summed E-state index contributed by atoms with van der Waals surface area (Å²) in [6.45, 7) is 6.62. The van der Waals surface area contributed by atoms with Crippen molar-refractivity contribution in [2.75, 3.05) is 0 Å². The zero-order chi connectivity index (χ0) is 12.2. The third-order valence-electron chi connectivity index (χ3n) is 3.25. The second-order valence-electron chi connectivity index (χ2n) is 4.83. The predicted molar refractivity (Wildman–Crippen MR) is 65.7 cm³/mol. The summed E-state index contributed by atoms with van der Waals surface area (Å²) in [6, 6.07) is 8.30. The van der Waals surface area contributed by atoms with Crippen LogP contribution in [0.2, 0.25) is 0 Å². The van der Waals surface area contributed by atoms with Gasteiger partial charge in [0.05, 0.1) is 0 Å². The van der Waals surface area contributed by atoms with E-state index >= 15 is 0 Å². The number of carboxylic acid groups (broad SMARTS) is 1. The van der Waals surface area contributed by atoms with Gasteiger partial charge in [0.1, 0.15) is 0 Å². The Morgan fingerprint density at radius 1 is 1.25 bits per heavy atom. The van der Waals surface area contributed by atoms with Gasteiger partial charge >= 0.3 is 5.97 Å². The maximum Gasteiger partial charge on any atom is 0.303 e. The zero-order valence-corrected chi connectivity index (χ0v) is 10.3. The molecule has 0 aliphatic heterocycles. The van der Waals surface area contributed by atoms with Crippen molar-refractivity contribution < 1.29 is 9.90 Å². The van der Waals surface area contributed by atoms with E-state index in [1.807, 2.05) is 12.1 Å². The average molecular weight is 220 g/mol. The van der Waals surface area contributed by atoms with Crippen molar-refractivity contribution in [3.63, 3.8) is 0 Å². The summed E-state index contributed by atoms with van der Waals surface area (Å²) < 4.78 is 0. The summed E-state index contributed by atoms with van der Waals surface area (Å²) in [5.74, 6) is -0.738. The molecular formula is C14H20O2. The van der Waals surface area contributed by atoms with Gasteiger partial charge in [0.15, 0.2) is 0 Å². The van der Waals surface area contributed by atoms with Crippen LogP contribution in [0.3, 0.4) is 0 Å². The van der Waals surface area contributed by atoms with Crippen LogP contribution < -0.4 is 0 Å². The highest BCUT2D eigenvalue weighted by atomic mass is 16.4. The van der Waals surface area contributed by atoms with E-state index in [1.165, 1.54) is 5.56 Å². The summed E-state index contributed by atoms with van der Waals surface area (Å²) in [6.07, 6.45) is 1.92. The minimum absolute atomic E-state index is 0.200. The van der Waals surface area contributed by atoms with Crippen LogP contribution in [0.15, 0.2) is 24.3 Å². The van der Waals surface area contributed by atoms with Crippen molar-refractivity contribution in [3.8, 4) is 0 Å². The van der Waals surface area contributed by atoms with Gasteiger partial charge in [0.2, 0.25) is 0 Å². The lowest BCUT2D eigenvalue weighted by Crippen LogP contribution is -2.15. The molecule has 0 heterocycles. The summed E-state index contributed by atoms with van der Waals surface area (Å²) in [5.41, 5.74) is 2.61. The number of carboxylic acids is 1. The number of aryl methyl sites for hydroxylation is 1. The second kappa shape index (κ2) is 5.15. The van der Waals surface area contributed by atoms with Gasteiger partial charge in [-0.25, -0.2) is 0 Å². The van der Waals surface area contributed by atoms with Gasteiger partial charge in [0, 0.05) is 6.42 Å². The highest BCUT2D eigenvalue weighted by molar-refractivity contribution is 5.67. The van der Waals surface area contributed by atoms with Crippen LogP contribution in [0.4, 0.5) is 0 Å². The van der Waals surface area contributed by atoms with Crippen molar-refractivity contribution in [2.45, 2.75) is 45.4 Å². The van der Waals surface area contributed by atoms with Gasteiger partial charge in [-0.2, -0.15) is 0 Å². The Morgan fingerprint density at radius 2 is 1.81 bits per heavy atom. The number of hydrogen-bond donors (Lipinski definition) is 1. The van der Waals surface area contributed by atoms with Crippen LogP contribution >= 0.6 is 0 Å². The molecule has 2 heteroatoms. The first-order chi connectivity index (χ1) is 7.45. The Hall–Kier alpha value is -1.31. The summed E-state index contributed by atoms with van der Waals surface area (Å²) >= 11 is 0. The predicted octanol–water partition coefficient (Wildman–Crippen LogP) is 3.39. The molecule has 0 saturated heterocycles. The van der Waals surface area contributed by atoms with Gasteiger partial charge < -0.3 is 5.11 Å². The quantitative estimate of drug-likeness (QED) is 0.825. The summed E-state index contributed by atoms with van der Waals surface area (Å²) in [7, 11) is 0. The van der Waals surface area contributed by atoms with Gasteiger partial charge in [-0.1, -0.05) is 45.0 Å². The smallest absolute Gasteiger partial charge is 0.303 e. The lowest BCUT2D eigenvalue weighted by Gasteiger charge is -2.23. The van der Waals surface area contributed by atoms with Crippen LogP contribution in [0.5, 0.6) is 0 Å². The molecule has 0 aliphatic carbocycles. The first-order valence-corrected chi connectivity index (χ1v) is 5.77. The van der Waals surface area contributed by atoms with Crippen LogP contribution in [0, 0.1) is 0 Å². The molecule has 0 atom stereocenters. The van der Waals surface area contributed by atoms with Crippen molar-refractivity contribution >= 4 is 5.97 Å². The fourth-order valence-corrected chi connectivity index (χ4v) is 1.58. The molecule has 16 heavy (non-hydrogen) atoms. The second-order valence-corrected chi connectivity index (χ2v) is 4.83. The lowest BCUT2D eigenvalue weighted by molar-refractivity contribution is -0.136. The van der Waals surface area contributed by atoms with E-state index in [-0.39, 0.29) is 11.8 Å². The van der Waals surface area contributed by atoms with Crippen LogP contribution in [-0.4, -0.2) is 11.1 Å². The molecule has 0 radical (unpaired) electrons. The molecule has 0 aromatic heterocycles. The minimum atomic E-state index is -0.738. The molecule has 0 spiro atoms. The third-order valence-corrected chi connectivity index (χ3v) is 3.25. The molecule has 0 bridgehead atoms. The SMILES string of the molecule is CCC(C)(C)c1ccc(CCC(=O)O)cc1. The number of hydrogen-bond acceptors (Lipinski definition) is 1. The fraction of sp³-hybridized carbons (Fsp3) is 0.500. The molecule has 2 nitrogen and oxygen atoms in total. The molecule has 1 rings (SSSR count). The molecule has 0 amide bonds. The fourth-order valence-electron chi connectivity index (χ4n) is 1.58. The molecule has 1 aromatic carbocycles.